The van der Waals surface area contributed by atoms with E-state index in [1.165, 1.54) is 37.7 Å². The Kier molecular flexibility index (Phi) is 5.07. The maximum absolute atomic E-state index is 6.33. The van der Waals surface area contributed by atoms with E-state index in [1.54, 1.807) is 0 Å². The molecule has 3 heteroatoms. The normalized spacial score (nSPS) is 19.2. The Balaban J connectivity index is 2.00. The second-order valence-corrected chi connectivity index (χ2v) is 6.78. The molecule has 2 N–H and O–H groups in total. The number of hydrogen-bond donors (Lipinski definition) is 1. The Morgan fingerprint density at radius 3 is 2.53 bits per heavy atom. The molecule has 0 bridgehead atoms. The van der Waals surface area contributed by atoms with Crippen LogP contribution in [0.5, 0.6) is 0 Å². The van der Waals surface area contributed by atoms with E-state index < -0.39 is 0 Å². The molecule has 1 aliphatic carbocycles. The average molecular weight is 361 g/mol. The van der Waals surface area contributed by atoms with Gasteiger partial charge in [-0.15, -0.1) is 0 Å². The quantitative estimate of drug-likeness (QED) is 0.789. The van der Waals surface area contributed by atoms with Crippen LogP contribution in [0.3, 0.4) is 0 Å². The first kappa shape index (κ1) is 13.6. The molecule has 1 aromatic carbocycles. The lowest BCUT2D eigenvalue weighted by molar-refractivity contribution is 0.319. The van der Waals surface area contributed by atoms with Crippen molar-refractivity contribution in [3.63, 3.8) is 0 Å². The van der Waals surface area contributed by atoms with E-state index in [-0.39, 0.29) is 6.04 Å². The molecule has 1 unspecified atom stereocenters. The third kappa shape index (κ3) is 3.80. The van der Waals surface area contributed by atoms with Gasteiger partial charge in [-0.1, -0.05) is 70.0 Å². The molecule has 0 spiro atoms. The maximum Gasteiger partial charge on any atom is 0.0308 e. The van der Waals surface area contributed by atoms with Gasteiger partial charge in [-0.3, -0.25) is 0 Å². The van der Waals surface area contributed by atoms with Crippen molar-refractivity contribution >= 4 is 31.9 Å². The van der Waals surface area contributed by atoms with E-state index in [0.29, 0.717) is 0 Å². The van der Waals surface area contributed by atoms with Crippen LogP contribution in [-0.2, 0) is 0 Å². The standard InChI is InChI=1S/C14H19Br2N/c15-11-6-7-12(13(16)9-11)14(17)8-10-4-2-1-3-5-10/h6-7,9-10,14H,1-5,8,17H2. The van der Waals surface area contributed by atoms with Crippen molar-refractivity contribution in [1.29, 1.82) is 0 Å². The molecule has 1 nitrogen and oxygen atoms in total. The first-order chi connectivity index (χ1) is 8.16. The molecular weight excluding hydrogens is 342 g/mol. The minimum Gasteiger partial charge on any atom is -0.324 e. The van der Waals surface area contributed by atoms with E-state index in [9.17, 15) is 0 Å². The zero-order chi connectivity index (χ0) is 12.3. The van der Waals surface area contributed by atoms with E-state index >= 15 is 0 Å². The second-order valence-electron chi connectivity index (χ2n) is 5.01. The van der Waals surface area contributed by atoms with Gasteiger partial charge in [0.1, 0.15) is 0 Å². The Hall–Kier alpha value is 0.140. The summed E-state index contributed by atoms with van der Waals surface area (Å²) < 4.78 is 2.22. The molecular formula is C14H19Br2N. The van der Waals surface area contributed by atoms with Crippen molar-refractivity contribution in [3.05, 3.63) is 32.7 Å². The summed E-state index contributed by atoms with van der Waals surface area (Å²) >= 11 is 7.08. The van der Waals surface area contributed by atoms with Crippen molar-refractivity contribution in [3.8, 4) is 0 Å². The summed E-state index contributed by atoms with van der Waals surface area (Å²) in [7, 11) is 0. The molecule has 1 atom stereocenters. The van der Waals surface area contributed by atoms with Crippen LogP contribution in [0.1, 0.15) is 50.1 Å². The molecule has 94 valence electrons. The van der Waals surface area contributed by atoms with E-state index in [2.05, 4.69) is 50.1 Å². The van der Waals surface area contributed by atoms with Gasteiger partial charge in [0.25, 0.3) is 0 Å². The highest BCUT2D eigenvalue weighted by Gasteiger charge is 2.19. The topological polar surface area (TPSA) is 26.0 Å². The molecule has 1 saturated carbocycles. The van der Waals surface area contributed by atoms with Crippen LogP contribution in [-0.4, -0.2) is 0 Å². The summed E-state index contributed by atoms with van der Waals surface area (Å²) in [6.45, 7) is 0. The molecule has 2 rings (SSSR count). The summed E-state index contributed by atoms with van der Waals surface area (Å²) in [5, 5.41) is 0. The number of hydrogen-bond acceptors (Lipinski definition) is 1. The van der Waals surface area contributed by atoms with Crippen LogP contribution < -0.4 is 5.73 Å². The van der Waals surface area contributed by atoms with Crippen LogP contribution >= 0.6 is 31.9 Å². The van der Waals surface area contributed by atoms with Crippen molar-refractivity contribution < 1.29 is 0 Å². The van der Waals surface area contributed by atoms with Gasteiger partial charge in [0.2, 0.25) is 0 Å². The van der Waals surface area contributed by atoms with E-state index in [0.717, 1.165) is 21.3 Å². The molecule has 0 aromatic heterocycles. The summed E-state index contributed by atoms with van der Waals surface area (Å²) in [6, 6.07) is 6.44. The number of halogens is 2. The van der Waals surface area contributed by atoms with E-state index in [1.807, 2.05) is 0 Å². The van der Waals surface area contributed by atoms with Crippen LogP contribution in [0.4, 0.5) is 0 Å². The predicted molar refractivity (Wildman–Crippen MR) is 80.0 cm³/mol. The molecule has 1 fully saturated rings. The van der Waals surface area contributed by atoms with Gasteiger partial charge in [0.15, 0.2) is 0 Å². The van der Waals surface area contributed by atoms with Gasteiger partial charge in [-0.05, 0) is 30.0 Å². The number of nitrogens with two attached hydrogens (primary N) is 1. The summed E-state index contributed by atoms with van der Waals surface area (Å²) in [6.07, 6.45) is 8.04. The lowest BCUT2D eigenvalue weighted by atomic mass is 9.83. The Bertz CT molecular complexity index is 372. The molecule has 0 aliphatic heterocycles. The molecule has 0 radical (unpaired) electrons. The largest absolute Gasteiger partial charge is 0.324 e. The molecule has 1 aromatic rings. The third-order valence-electron chi connectivity index (χ3n) is 3.67. The zero-order valence-electron chi connectivity index (χ0n) is 9.96. The Labute approximate surface area is 120 Å². The fourth-order valence-electron chi connectivity index (χ4n) is 2.71. The highest BCUT2D eigenvalue weighted by Crippen LogP contribution is 2.33. The first-order valence-corrected chi connectivity index (χ1v) is 7.96. The van der Waals surface area contributed by atoms with Gasteiger partial charge in [0, 0.05) is 15.0 Å². The zero-order valence-corrected chi connectivity index (χ0v) is 13.1. The van der Waals surface area contributed by atoms with Crippen molar-refractivity contribution in [1.82, 2.24) is 0 Å². The Morgan fingerprint density at radius 1 is 1.18 bits per heavy atom. The minimum atomic E-state index is 0.167. The maximum atomic E-state index is 6.33. The predicted octanol–water partition coefficient (Wildman–Crippen LogP) is 5.18. The lowest BCUT2D eigenvalue weighted by Gasteiger charge is -2.25. The number of benzene rings is 1. The van der Waals surface area contributed by atoms with Gasteiger partial charge in [-0.25, -0.2) is 0 Å². The SMILES string of the molecule is NC(CC1CCCCC1)c1ccc(Br)cc1Br. The summed E-state index contributed by atoms with van der Waals surface area (Å²) in [4.78, 5) is 0. The fraction of sp³-hybridized carbons (Fsp3) is 0.571. The van der Waals surface area contributed by atoms with Crippen LogP contribution in [0, 0.1) is 5.92 Å². The van der Waals surface area contributed by atoms with Gasteiger partial charge in [-0.2, -0.15) is 0 Å². The minimum absolute atomic E-state index is 0.167. The average Bonchev–Trinajstić information content (AvgIpc) is 2.30. The van der Waals surface area contributed by atoms with Gasteiger partial charge < -0.3 is 5.73 Å². The van der Waals surface area contributed by atoms with Crippen LogP contribution in [0.2, 0.25) is 0 Å². The third-order valence-corrected chi connectivity index (χ3v) is 4.85. The molecule has 0 heterocycles. The molecule has 17 heavy (non-hydrogen) atoms. The fourth-order valence-corrected chi connectivity index (χ4v) is 4.05. The van der Waals surface area contributed by atoms with Crippen LogP contribution in [0.25, 0.3) is 0 Å². The highest BCUT2D eigenvalue weighted by atomic mass is 79.9. The van der Waals surface area contributed by atoms with Crippen molar-refractivity contribution in [2.24, 2.45) is 11.7 Å². The van der Waals surface area contributed by atoms with Crippen LogP contribution in [0.15, 0.2) is 27.1 Å². The monoisotopic (exact) mass is 359 g/mol. The number of rotatable bonds is 3. The van der Waals surface area contributed by atoms with Crippen molar-refractivity contribution in [2.75, 3.05) is 0 Å². The highest BCUT2D eigenvalue weighted by molar-refractivity contribution is 9.11. The summed E-state index contributed by atoms with van der Waals surface area (Å²) in [5.41, 5.74) is 7.57. The Morgan fingerprint density at radius 2 is 1.88 bits per heavy atom. The van der Waals surface area contributed by atoms with Gasteiger partial charge >= 0.3 is 0 Å². The molecule has 0 amide bonds. The summed E-state index contributed by atoms with van der Waals surface area (Å²) in [5.74, 6) is 0.828. The van der Waals surface area contributed by atoms with Crippen molar-refractivity contribution in [2.45, 2.75) is 44.6 Å². The lowest BCUT2D eigenvalue weighted by Crippen LogP contribution is -2.17. The smallest absolute Gasteiger partial charge is 0.0308 e. The molecule has 1 aliphatic rings. The van der Waals surface area contributed by atoms with E-state index in [4.69, 9.17) is 5.73 Å². The van der Waals surface area contributed by atoms with Gasteiger partial charge in [0.05, 0.1) is 0 Å². The first-order valence-electron chi connectivity index (χ1n) is 6.37. The molecule has 0 saturated heterocycles. The second kappa shape index (κ2) is 6.35.